The van der Waals surface area contributed by atoms with E-state index in [-0.39, 0.29) is 18.9 Å². The van der Waals surface area contributed by atoms with Gasteiger partial charge in [0.1, 0.15) is 48.8 Å². The van der Waals surface area contributed by atoms with Crippen LogP contribution in [0, 0.1) is 0 Å². The maximum atomic E-state index is 13.2. The van der Waals surface area contributed by atoms with Gasteiger partial charge in [0.2, 0.25) is 5.91 Å². The maximum Gasteiger partial charge on any atom is 0.220 e. The van der Waals surface area contributed by atoms with Gasteiger partial charge < -0.3 is 65.1 Å². The van der Waals surface area contributed by atoms with Crippen LogP contribution in [-0.4, -0.2) is 140 Å². The number of hydrogen-bond donors (Lipinski definition) is 9. The first-order valence-corrected chi connectivity index (χ1v) is 29.9. The lowest BCUT2D eigenvalue weighted by Gasteiger charge is -2.46. The number of aliphatic hydroxyl groups is 8. The number of rotatable bonds is 48. The Hall–Kier alpha value is -1.27. The molecular weight excluding hydrogens is 919 g/mol. The molecule has 2 rings (SSSR count). The summed E-state index contributed by atoms with van der Waals surface area (Å²) in [5.74, 6) is -0.235. The molecule has 12 atom stereocenters. The van der Waals surface area contributed by atoms with Crippen molar-refractivity contribution in [2.45, 2.75) is 331 Å². The Morgan fingerprint density at radius 2 is 0.861 bits per heavy atom. The quantitative estimate of drug-likeness (QED) is 0.0205. The average molecular weight is 1030 g/mol. The van der Waals surface area contributed by atoms with Crippen molar-refractivity contribution in [3.8, 4) is 0 Å². The fraction of sp³-hybridized carbons (Fsp3) is 0.948. The highest BCUT2D eigenvalue weighted by Crippen LogP contribution is 2.30. The van der Waals surface area contributed by atoms with E-state index >= 15 is 0 Å². The zero-order chi connectivity index (χ0) is 52.4. The highest BCUT2D eigenvalue weighted by atomic mass is 16.7. The zero-order valence-corrected chi connectivity index (χ0v) is 45.7. The van der Waals surface area contributed by atoms with Gasteiger partial charge in [0.15, 0.2) is 12.6 Å². The first-order chi connectivity index (χ1) is 35.1. The van der Waals surface area contributed by atoms with Crippen molar-refractivity contribution in [2.75, 3.05) is 19.8 Å². The summed E-state index contributed by atoms with van der Waals surface area (Å²) in [4.78, 5) is 13.2. The van der Waals surface area contributed by atoms with Crippen molar-refractivity contribution in [1.29, 1.82) is 0 Å². The van der Waals surface area contributed by atoms with Crippen molar-refractivity contribution in [3.05, 3.63) is 12.2 Å². The molecule has 0 spiro atoms. The van der Waals surface area contributed by atoms with E-state index in [4.69, 9.17) is 18.9 Å². The molecule has 2 aliphatic rings. The lowest BCUT2D eigenvalue weighted by molar-refractivity contribution is -0.359. The predicted molar refractivity (Wildman–Crippen MR) is 286 cm³/mol. The van der Waals surface area contributed by atoms with Crippen molar-refractivity contribution >= 4 is 5.91 Å². The van der Waals surface area contributed by atoms with Crippen LogP contribution in [0.1, 0.15) is 258 Å². The second-order valence-corrected chi connectivity index (χ2v) is 21.5. The number of aliphatic hydroxyl groups excluding tert-OH is 8. The monoisotopic (exact) mass is 1030 g/mol. The van der Waals surface area contributed by atoms with E-state index in [1.807, 2.05) is 6.08 Å². The minimum Gasteiger partial charge on any atom is -0.394 e. The van der Waals surface area contributed by atoms with Crippen molar-refractivity contribution in [3.63, 3.8) is 0 Å². The molecule has 0 aromatic rings. The Balaban J connectivity index is 1.69. The van der Waals surface area contributed by atoms with Gasteiger partial charge in [-0.2, -0.15) is 0 Å². The predicted octanol–water partition coefficient (Wildman–Crippen LogP) is 9.89. The van der Waals surface area contributed by atoms with Gasteiger partial charge >= 0.3 is 0 Å². The molecule has 426 valence electrons. The molecule has 14 heteroatoms. The SMILES string of the molecule is CCCCCCCCCCCC/C=C/[C@@H](O)[C@H](CO[C@@H]1O[C@H](CO)[C@@H](O[C@@H]2O[C@H](CO)[C@H](O)C(O)C2O)C(O)C1O)NC(=O)CCCCCCCCCCCCCCCCCCCCCCCCCCCC. The van der Waals surface area contributed by atoms with Crippen LogP contribution in [0.3, 0.4) is 0 Å². The van der Waals surface area contributed by atoms with Crippen LogP contribution in [0.15, 0.2) is 12.2 Å². The van der Waals surface area contributed by atoms with E-state index < -0.39 is 86.8 Å². The molecule has 1 amide bonds. The number of carbonyl (C=O) groups is 1. The molecule has 0 aromatic carbocycles. The van der Waals surface area contributed by atoms with E-state index in [0.29, 0.717) is 6.42 Å². The Bertz CT molecular complexity index is 1260. The number of unbranched alkanes of at least 4 members (excludes halogenated alkanes) is 35. The van der Waals surface area contributed by atoms with Gasteiger partial charge in [-0.15, -0.1) is 0 Å². The van der Waals surface area contributed by atoms with E-state index in [2.05, 4.69) is 19.2 Å². The fourth-order valence-electron chi connectivity index (χ4n) is 10.1. The van der Waals surface area contributed by atoms with Crippen LogP contribution in [-0.2, 0) is 23.7 Å². The van der Waals surface area contributed by atoms with Gasteiger partial charge in [0.25, 0.3) is 0 Å². The molecule has 14 nitrogen and oxygen atoms in total. The highest BCUT2D eigenvalue weighted by molar-refractivity contribution is 5.76. The molecular formula is C58H111NO13. The largest absolute Gasteiger partial charge is 0.394 e. The fourth-order valence-corrected chi connectivity index (χ4v) is 10.1. The van der Waals surface area contributed by atoms with Crippen LogP contribution in [0.4, 0.5) is 0 Å². The summed E-state index contributed by atoms with van der Waals surface area (Å²) in [6.07, 6.45) is 34.1. The van der Waals surface area contributed by atoms with E-state index in [9.17, 15) is 45.6 Å². The van der Waals surface area contributed by atoms with Gasteiger partial charge in [-0.05, 0) is 19.3 Å². The summed E-state index contributed by atoms with van der Waals surface area (Å²) in [7, 11) is 0. The summed E-state index contributed by atoms with van der Waals surface area (Å²) in [6.45, 7) is 2.81. The number of hydrogen-bond acceptors (Lipinski definition) is 13. The Morgan fingerprint density at radius 3 is 1.28 bits per heavy atom. The number of ether oxygens (including phenoxy) is 4. The number of allylic oxidation sites excluding steroid dienone is 1. The minimum absolute atomic E-state index is 0.235. The molecule has 2 heterocycles. The Labute approximate surface area is 437 Å². The second-order valence-electron chi connectivity index (χ2n) is 21.5. The number of carbonyl (C=O) groups excluding carboxylic acids is 1. The van der Waals surface area contributed by atoms with Gasteiger partial charge in [0, 0.05) is 6.42 Å². The Kier molecular flexibility index (Phi) is 41.6. The first-order valence-electron chi connectivity index (χ1n) is 29.9. The molecule has 0 radical (unpaired) electrons. The molecule has 2 fully saturated rings. The summed E-state index contributed by atoms with van der Waals surface area (Å²) in [6, 6.07) is -0.908. The van der Waals surface area contributed by atoms with E-state index in [1.165, 1.54) is 193 Å². The highest BCUT2D eigenvalue weighted by Gasteiger charge is 2.51. The lowest BCUT2D eigenvalue weighted by Crippen LogP contribution is -2.65. The molecule has 4 unspecified atom stereocenters. The van der Waals surface area contributed by atoms with E-state index in [1.54, 1.807) is 6.08 Å². The second kappa shape index (κ2) is 44.8. The van der Waals surface area contributed by atoms with Gasteiger partial charge in [0.05, 0.1) is 32.0 Å². The Morgan fingerprint density at radius 1 is 0.486 bits per heavy atom. The molecule has 9 N–H and O–H groups in total. The van der Waals surface area contributed by atoms with Crippen LogP contribution in [0.2, 0.25) is 0 Å². The smallest absolute Gasteiger partial charge is 0.220 e. The normalized spacial score (nSPS) is 25.6. The average Bonchev–Trinajstić information content (AvgIpc) is 3.38. The van der Waals surface area contributed by atoms with Crippen LogP contribution < -0.4 is 5.32 Å². The van der Waals surface area contributed by atoms with Crippen LogP contribution >= 0.6 is 0 Å². The lowest BCUT2D eigenvalue weighted by atomic mass is 9.97. The minimum atomic E-state index is -1.78. The number of amides is 1. The van der Waals surface area contributed by atoms with Crippen molar-refractivity contribution in [1.82, 2.24) is 5.32 Å². The van der Waals surface area contributed by atoms with Crippen molar-refractivity contribution in [2.24, 2.45) is 0 Å². The molecule has 72 heavy (non-hydrogen) atoms. The van der Waals surface area contributed by atoms with Crippen molar-refractivity contribution < 1.29 is 64.6 Å². The zero-order valence-electron chi connectivity index (χ0n) is 45.7. The molecule has 0 saturated carbocycles. The van der Waals surface area contributed by atoms with E-state index in [0.717, 1.165) is 38.5 Å². The molecule has 0 aliphatic carbocycles. The molecule has 2 aliphatic heterocycles. The third-order valence-corrected chi connectivity index (χ3v) is 15.0. The first kappa shape index (κ1) is 66.8. The summed E-state index contributed by atoms with van der Waals surface area (Å²) in [5.41, 5.74) is 0. The summed E-state index contributed by atoms with van der Waals surface area (Å²) in [5, 5.41) is 86.9. The molecule has 0 aromatic heterocycles. The topological polar surface area (TPSA) is 228 Å². The summed E-state index contributed by atoms with van der Waals surface area (Å²) >= 11 is 0. The third-order valence-electron chi connectivity index (χ3n) is 15.0. The standard InChI is InChI=1S/C58H111NO13/c1-3-5-7-9-11-13-15-17-18-19-20-21-22-23-24-25-26-27-28-29-30-32-34-36-38-40-42-50(63)59-46(47(62)41-39-37-35-33-31-16-14-12-10-8-6-4-2)45-69-57-55(68)53(66)56(49(44-61)71-57)72-58-54(67)52(65)51(64)48(43-60)70-58/h39,41,46-49,51-58,60-62,64-68H,3-38,40,42-45H2,1-2H3,(H,59,63)/b41-39+/t46-,47+,48+,49+,51-,52?,53?,54?,55?,56+,57+,58-/m0/s1. The van der Waals surface area contributed by atoms with Crippen LogP contribution in [0.25, 0.3) is 0 Å². The number of nitrogens with one attached hydrogen (secondary N) is 1. The maximum absolute atomic E-state index is 13.2. The van der Waals surface area contributed by atoms with Gasteiger partial charge in [-0.3, -0.25) is 4.79 Å². The summed E-state index contributed by atoms with van der Waals surface area (Å²) < 4.78 is 22.7. The van der Waals surface area contributed by atoms with Gasteiger partial charge in [-0.25, -0.2) is 0 Å². The van der Waals surface area contributed by atoms with Crippen LogP contribution in [0.5, 0.6) is 0 Å². The third kappa shape index (κ3) is 30.5. The van der Waals surface area contributed by atoms with Gasteiger partial charge in [-0.1, -0.05) is 244 Å². The molecule has 2 saturated heterocycles. The molecule has 0 bridgehead atoms.